The monoisotopic (exact) mass is 321 g/mol. The van der Waals surface area contributed by atoms with E-state index in [1.54, 1.807) is 6.26 Å². The second-order valence-electron chi connectivity index (χ2n) is 6.85. The molecular formula is C21H39NO. The molecule has 0 spiro atoms. The maximum absolute atomic E-state index is 5.30. The molecular weight excluding hydrogens is 282 g/mol. The van der Waals surface area contributed by atoms with Gasteiger partial charge in [0.2, 0.25) is 0 Å². The van der Waals surface area contributed by atoms with Crippen molar-refractivity contribution < 1.29 is 4.42 Å². The van der Waals surface area contributed by atoms with Crippen molar-refractivity contribution in [3.63, 3.8) is 0 Å². The van der Waals surface area contributed by atoms with E-state index >= 15 is 0 Å². The van der Waals surface area contributed by atoms with E-state index in [-0.39, 0.29) is 0 Å². The van der Waals surface area contributed by atoms with Crippen LogP contribution in [-0.2, 0) is 6.54 Å². The van der Waals surface area contributed by atoms with E-state index in [0.717, 1.165) is 18.8 Å². The molecule has 1 rings (SSSR count). The SMILES string of the molecule is CCCCCCCCCCCCCCCCNCc1ccco1. The maximum atomic E-state index is 5.30. The Morgan fingerprint density at radius 3 is 1.74 bits per heavy atom. The van der Waals surface area contributed by atoms with Crippen LogP contribution in [0.25, 0.3) is 0 Å². The summed E-state index contributed by atoms with van der Waals surface area (Å²) in [5, 5.41) is 3.44. The summed E-state index contributed by atoms with van der Waals surface area (Å²) < 4.78 is 5.30. The first-order valence-electron chi connectivity index (χ1n) is 10.2. The molecule has 0 radical (unpaired) electrons. The highest BCUT2D eigenvalue weighted by Crippen LogP contribution is 2.12. The summed E-state index contributed by atoms with van der Waals surface area (Å²) in [5.74, 6) is 1.04. The molecule has 23 heavy (non-hydrogen) atoms. The van der Waals surface area contributed by atoms with Crippen LogP contribution in [0, 0.1) is 0 Å². The molecule has 1 aromatic heterocycles. The summed E-state index contributed by atoms with van der Waals surface area (Å²) in [7, 11) is 0. The molecule has 0 saturated heterocycles. The smallest absolute Gasteiger partial charge is 0.117 e. The zero-order chi connectivity index (χ0) is 16.4. The van der Waals surface area contributed by atoms with Gasteiger partial charge >= 0.3 is 0 Å². The zero-order valence-corrected chi connectivity index (χ0v) is 15.5. The first-order valence-corrected chi connectivity index (χ1v) is 10.2. The maximum Gasteiger partial charge on any atom is 0.117 e. The normalized spacial score (nSPS) is 11.2. The lowest BCUT2D eigenvalue weighted by Gasteiger charge is -2.04. The van der Waals surface area contributed by atoms with Crippen LogP contribution in [0.2, 0.25) is 0 Å². The summed E-state index contributed by atoms with van der Waals surface area (Å²) >= 11 is 0. The quantitative estimate of drug-likeness (QED) is 0.317. The minimum atomic E-state index is 0.867. The lowest BCUT2D eigenvalue weighted by molar-refractivity contribution is 0.475. The van der Waals surface area contributed by atoms with Crippen molar-refractivity contribution in [2.45, 2.75) is 103 Å². The summed E-state index contributed by atoms with van der Waals surface area (Å²) in [4.78, 5) is 0. The number of hydrogen-bond acceptors (Lipinski definition) is 2. The molecule has 0 unspecified atom stereocenters. The summed E-state index contributed by atoms with van der Waals surface area (Å²) in [6.45, 7) is 4.27. The fraction of sp³-hybridized carbons (Fsp3) is 0.810. The molecule has 0 aliphatic carbocycles. The van der Waals surface area contributed by atoms with E-state index < -0.39 is 0 Å². The predicted octanol–water partition coefficient (Wildman–Crippen LogP) is 6.85. The van der Waals surface area contributed by atoms with Gasteiger partial charge in [0.05, 0.1) is 12.8 Å². The number of unbranched alkanes of at least 4 members (excludes halogenated alkanes) is 13. The molecule has 2 nitrogen and oxygen atoms in total. The molecule has 0 aromatic carbocycles. The van der Waals surface area contributed by atoms with Crippen molar-refractivity contribution in [3.8, 4) is 0 Å². The van der Waals surface area contributed by atoms with Crippen LogP contribution in [0.15, 0.2) is 22.8 Å². The van der Waals surface area contributed by atoms with E-state index in [0.29, 0.717) is 0 Å². The molecule has 0 atom stereocenters. The molecule has 0 aliphatic heterocycles. The molecule has 0 amide bonds. The summed E-state index contributed by atoms with van der Waals surface area (Å²) in [6, 6.07) is 3.97. The van der Waals surface area contributed by atoms with Crippen molar-refractivity contribution in [3.05, 3.63) is 24.2 Å². The number of hydrogen-bond donors (Lipinski definition) is 1. The van der Waals surface area contributed by atoms with Gasteiger partial charge in [-0.05, 0) is 25.1 Å². The van der Waals surface area contributed by atoms with E-state index in [4.69, 9.17) is 4.42 Å². The molecule has 0 fully saturated rings. The van der Waals surface area contributed by atoms with Gasteiger partial charge in [0.1, 0.15) is 5.76 Å². The van der Waals surface area contributed by atoms with Gasteiger partial charge in [0.25, 0.3) is 0 Å². The third-order valence-electron chi connectivity index (χ3n) is 4.59. The van der Waals surface area contributed by atoms with Crippen LogP contribution in [-0.4, -0.2) is 6.54 Å². The van der Waals surface area contributed by atoms with Crippen LogP contribution in [0.3, 0.4) is 0 Å². The van der Waals surface area contributed by atoms with Crippen LogP contribution >= 0.6 is 0 Å². The van der Waals surface area contributed by atoms with E-state index in [1.165, 1.54) is 89.9 Å². The molecule has 0 saturated carbocycles. The van der Waals surface area contributed by atoms with E-state index in [1.807, 2.05) is 12.1 Å². The van der Waals surface area contributed by atoms with Crippen molar-refractivity contribution in [1.29, 1.82) is 0 Å². The van der Waals surface area contributed by atoms with Crippen LogP contribution < -0.4 is 5.32 Å². The average Bonchev–Trinajstić information content (AvgIpc) is 3.08. The first kappa shape index (κ1) is 20.3. The van der Waals surface area contributed by atoms with Crippen molar-refractivity contribution >= 4 is 0 Å². The lowest BCUT2D eigenvalue weighted by Crippen LogP contribution is -2.14. The van der Waals surface area contributed by atoms with Gasteiger partial charge < -0.3 is 9.73 Å². The van der Waals surface area contributed by atoms with Gasteiger partial charge in [0, 0.05) is 0 Å². The van der Waals surface area contributed by atoms with E-state index in [2.05, 4.69) is 12.2 Å². The van der Waals surface area contributed by atoms with Crippen LogP contribution in [0.1, 0.15) is 103 Å². The van der Waals surface area contributed by atoms with E-state index in [9.17, 15) is 0 Å². The summed E-state index contributed by atoms with van der Waals surface area (Å²) in [5.41, 5.74) is 0. The van der Waals surface area contributed by atoms with Crippen molar-refractivity contribution in [2.75, 3.05) is 6.54 Å². The van der Waals surface area contributed by atoms with Crippen molar-refractivity contribution in [2.24, 2.45) is 0 Å². The van der Waals surface area contributed by atoms with Gasteiger partial charge in [-0.2, -0.15) is 0 Å². The highest BCUT2D eigenvalue weighted by Gasteiger charge is 1.96. The topological polar surface area (TPSA) is 25.2 Å². The van der Waals surface area contributed by atoms with Gasteiger partial charge in [0.15, 0.2) is 0 Å². The Bertz CT molecular complexity index is 321. The Hall–Kier alpha value is -0.760. The third kappa shape index (κ3) is 13.4. The molecule has 0 aliphatic rings. The molecule has 1 N–H and O–H groups in total. The Kier molecular flexibility index (Phi) is 14.2. The van der Waals surface area contributed by atoms with Gasteiger partial charge in [-0.25, -0.2) is 0 Å². The molecule has 0 bridgehead atoms. The fourth-order valence-corrected chi connectivity index (χ4v) is 3.07. The number of rotatable bonds is 17. The Morgan fingerprint density at radius 1 is 0.739 bits per heavy atom. The van der Waals surface area contributed by atoms with Gasteiger partial charge in [-0.1, -0.05) is 90.4 Å². The second-order valence-corrected chi connectivity index (χ2v) is 6.85. The first-order chi connectivity index (χ1) is 11.4. The minimum Gasteiger partial charge on any atom is -0.468 e. The third-order valence-corrected chi connectivity index (χ3v) is 4.59. The highest BCUT2D eigenvalue weighted by molar-refractivity contribution is 4.97. The largest absolute Gasteiger partial charge is 0.468 e. The lowest BCUT2D eigenvalue weighted by atomic mass is 10.0. The number of furan rings is 1. The minimum absolute atomic E-state index is 0.867. The molecule has 1 heterocycles. The average molecular weight is 322 g/mol. The fourth-order valence-electron chi connectivity index (χ4n) is 3.07. The Balaban J connectivity index is 1.67. The highest BCUT2D eigenvalue weighted by atomic mass is 16.3. The van der Waals surface area contributed by atoms with Gasteiger partial charge in [-0.3, -0.25) is 0 Å². The standard InChI is InChI=1S/C21H39NO/c1-2-3-4-5-6-7-8-9-10-11-12-13-14-15-18-22-20-21-17-16-19-23-21/h16-17,19,22H,2-15,18,20H2,1H3. The van der Waals surface area contributed by atoms with Crippen LogP contribution in [0.5, 0.6) is 0 Å². The molecule has 1 aromatic rings. The Labute approximate surface area is 144 Å². The van der Waals surface area contributed by atoms with Crippen LogP contribution in [0.4, 0.5) is 0 Å². The molecule has 134 valence electrons. The zero-order valence-electron chi connectivity index (χ0n) is 15.5. The number of nitrogens with one attached hydrogen (secondary N) is 1. The Morgan fingerprint density at radius 2 is 1.26 bits per heavy atom. The van der Waals surface area contributed by atoms with Gasteiger partial charge in [-0.15, -0.1) is 0 Å². The van der Waals surface area contributed by atoms with Crippen molar-refractivity contribution in [1.82, 2.24) is 5.32 Å². The predicted molar refractivity (Wildman–Crippen MR) is 101 cm³/mol. The summed E-state index contributed by atoms with van der Waals surface area (Å²) in [6.07, 6.45) is 21.7. The molecule has 2 heteroatoms. The second kappa shape index (κ2) is 16.1.